The van der Waals surface area contributed by atoms with Crippen LogP contribution in [0.15, 0.2) is 42.5 Å². The largest absolute Gasteiger partial charge is 0.349 e. The Kier molecular flexibility index (Phi) is 7.02. The van der Waals surface area contributed by atoms with Gasteiger partial charge in [0, 0.05) is 15.8 Å². The van der Waals surface area contributed by atoms with E-state index in [1.807, 2.05) is 32.0 Å². The predicted octanol–water partition coefficient (Wildman–Crippen LogP) is 5.80. The first-order chi connectivity index (χ1) is 11.4. The summed E-state index contributed by atoms with van der Waals surface area (Å²) in [5.74, 6) is 0.823. The normalized spacial score (nSPS) is 13.4. The van der Waals surface area contributed by atoms with Gasteiger partial charge in [0.05, 0.1) is 11.3 Å². The molecule has 0 aliphatic rings. The van der Waals surface area contributed by atoms with Gasteiger partial charge in [-0.25, -0.2) is 0 Å². The molecule has 0 aliphatic heterocycles. The van der Waals surface area contributed by atoms with Crippen molar-refractivity contribution in [3.8, 4) is 0 Å². The number of nitrogens with one attached hydrogen (secondary N) is 1. The maximum absolute atomic E-state index is 12.4. The molecule has 0 unspecified atom stereocenters. The highest BCUT2D eigenvalue weighted by Gasteiger charge is 2.18. The lowest BCUT2D eigenvalue weighted by atomic mass is 10.1. The van der Waals surface area contributed by atoms with Gasteiger partial charge in [-0.3, -0.25) is 4.79 Å². The second kappa shape index (κ2) is 8.80. The summed E-state index contributed by atoms with van der Waals surface area (Å²) < 4.78 is 0. The summed E-state index contributed by atoms with van der Waals surface area (Å²) in [5, 5.41) is 4.03. The minimum atomic E-state index is -0.163. The third-order valence-corrected chi connectivity index (χ3v) is 5.66. The van der Waals surface area contributed by atoms with E-state index in [1.165, 1.54) is 11.1 Å². The van der Waals surface area contributed by atoms with Crippen molar-refractivity contribution in [3.05, 3.63) is 69.2 Å². The van der Waals surface area contributed by atoms with E-state index < -0.39 is 0 Å². The summed E-state index contributed by atoms with van der Waals surface area (Å²) in [5.41, 5.74) is 3.38. The van der Waals surface area contributed by atoms with Gasteiger partial charge >= 0.3 is 0 Å². The quantitative estimate of drug-likeness (QED) is 0.684. The van der Waals surface area contributed by atoms with E-state index in [4.69, 9.17) is 23.2 Å². The monoisotopic (exact) mass is 381 g/mol. The number of halogens is 2. The van der Waals surface area contributed by atoms with E-state index >= 15 is 0 Å². The number of hydrogen-bond donors (Lipinski definition) is 1. The molecule has 0 spiro atoms. The van der Waals surface area contributed by atoms with Crippen molar-refractivity contribution < 1.29 is 4.79 Å². The smallest absolute Gasteiger partial charge is 0.233 e. The fourth-order valence-corrected chi connectivity index (χ4v) is 3.87. The lowest BCUT2D eigenvalue weighted by Crippen LogP contribution is -2.33. The second-order valence-electron chi connectivity index (χ2n) is 5.78. The Morgan fingerprint density at radius 2 is 1.88 bits per heavy atom. The molecule has 1 amide bonds. The van der Waals surface area contributed by atoms with Gasteiger partial charge in [0.25, 0.3) is 0 Å². The van der Waals surface area contributed by atoms with Crippen LogP contribution in [0.4, 0.5) is 0 Å². The minimum Gasteiger partial charge on any atom is -0.349 e. The summed E-state index contributed by atoms with van der Waals surface area (Å²) in [4.78, 5) is 12.4. The molecule has 0 fully saturated rings. The van der Waals surface area contributed by atoms with Gasteiger partial charge in [-0.1, -0.05) is 53.5 Å². The van der Waals surface area contributed by atoms with Crippen molar-refractivity contribution in [1.29, 1.82) is 0 Å². The maximum atomic E-state index is 12.4. The van der Waals surface area contributed by atoms with E-state index in [2.05, 4.69) is 24.4 Å². The number of thioether (sulfide) groups is 1. The zero-order valence-corrected chi connectivity index (χ0v) is 16.3. The van der Waals surface area contributed by atoms with E-state index in [-0.39, 0.29) is 17.2 Å². The third kappa shape index (κ3) is 5.17. The fraction of sp³-hybridized carbons (Fsp3) is 0.316. The molecular weight excluding hydrogens is 361 g/mol. The molecule has 0 aliphatic carbocycles. The molecular formula is C19H21Cl2NOS. The van der Waals surface area contributed by atoms with Crippen molar-refractivity contribution in [1.82, 2.24) is 5.32 Å². The lowest BCUT2D eigenvalue weighted by Gasteiger charge is -2.19. The molecule has 128 valence electrons. The molecule has 1 N–H and O–H groups in total. The molecule has 0 aromatic heterocycles. The van der Waals surface area contributed by atoms with Crippen LogP contribution in [0.1, 0.15) is 36.6 Å². The number of hydrogen-bond acceptors (Lipinski definition) is 2. The highest BCUT2D eigenvalue weighted by Crippen LogP contribution is 2.27. The molecule has 24 heavy (non-hydrogen) atoms. The highest BCUT2D eigenvalue weighted by atomic mass is 35.5. The molecule has 5 heteroatoms. The molecule has 0 radical (unpaired) electrons. The zero-order valence-electron chi connectivity index (χ0n) is 14.0. The Hall–Kier alpha value is -1.16. The molecule has 0 bridgehead atoms. The van der Waals surface area contributed by atoms with Crippen LogP contribution in [0.5, 0.6) is 0 Å². The summed E-state index contributed by atoms with van der Waals surface area (Å²) in [7, 11) is 0. The molecule has 2 nitrogen and oxygen atoms in total. The summed E-state index contributed by atoms with van der Waals surface area (Å²) in [6, 6.07) is 13.4. The van der Waals surface area contributed by atoms with Crippen molar-refractivity contribution >= 4 is 40.9 Å². The van der Waals surface area contributed by atoms with Crippen LogP contribution in [0.25, 0.3) is 0 Å². The van der Waals surface area contributed by atoms with E-state index in [1.54, 1.807) is 23.9 Å². The third-order valence-electron chi connectivity index (χ3n) is 3.91. The van der Waals surface area contributed by atoms with Gasteiger partial charge in [0.2, 0.25) is 5.91 Å². The van der Waals surface area contributed by atoms with E-state index in [0.29, 0.717) is 10.0 Å². The van der Waals surface area contributed by atoms with Gasteiger partial charge in [-0.15, -0.1) is 11.8 Å². The highest BCUT2D eigenvalue weighted by molar-refractivity contribution is 7.99. The Morgan fingerprint density at radius 1 is 1.17 bits per heavy atom. The molecule has 0 heterocycles. The Morgan fingerprint density at radius 3 is 2.54 bits per heavy atom. The first-order valence-corrected chi connectivity index (χ1v) is 9.60. The van der Waals surface area contributed by atoms with Crippen LogP contribution in [0, 0.1) is 6.92 Å². The van der Waals surface area contributed by atoms with Gasteiger partial charge in [0.1, 0.15) is 0 Å². The van der Waals surface area contributed by atoms with Crippen LogP contribution in [0.2, 0.25) is 10.0 Å². The van der Waals surface area contributed by atoms with Crippen LogP contribution >= 0.6 is 35.0 Å². The first-order valence-electron chi connectivity index (χ1n) is 7.80. The van der Waals surface area contributed by atoms with Gasteiger partial charge in [-0.05, 0) is 49.6 Å². The van der Waals surface area contributed by atoms with Gasteiger partial charge in [-0.2, -0.15) is 0 Å². The molecule has 2 aromatic rings. The van der Waals surface area contributed by atoms with E-state index in [9.17, 15) is 4.79 Å². The number of benzene rings is 2. The number of rotatable bonds is 6. The Balaban J connectivity index is 1.92. The number of aryl methyl sites for hydroxylation is 1. The van der Waals surface area contributed by atoms with Crippen LogP contribution < -0.4 is 5.32 Å². The average Bonchev–Trinajstić information content (AvgIpc) is 2.53. The van der Waals surface area contributed by atoms with Crippen molar-refractivity contribution in [2.45, 2.75) is 37.8 Å². The number of carbonyl (C=O) groups excluding carboxylic acids is 1. The molecule has 2 rings (SSSR count). The molecule has 2 aromatic carbocycles. The van der Waals surface area contributed by atoms with Crippen LogP contribution in [0.3, 0.4) is 0 Å². The maximum Gasteiger partial charge on any atom is 0.233 e. The summed E-state index contributed by atoms with van der Waals surface area (Å²) >= 11 is 13.7. The number of amides is 1. The number of carbonyl (C=O) groups is 1. The zero-order chi connectivity index (χ0) is 17.7. The minimum absolute atomic E-state index is 0.00657. The average molecular weight is 382 g/mol. The van der Waals surface area contributed by atoms with Gasteiger partial charge in [0.15, 0.2) is 0 Å². The molecule has 2 atom stereocenters. The van der Waals surface area contributed by atoms with Crippen molar-refractivity contribution in [2.24, 2.45) is 0 Å². The van der Waals surface area contributed by atoms with Crippen molar-refractivity contribution in [2.75, 3.05) is 0 Å². The lowest BCUT2D eigenvalue weighted by molar-refractivity contribution is -0.120. The predicted molar refractivity (Wildman–Crippen MR) is 105 cm³/mol. The Labute approximate surface area is 157 Å². The SMILES string of the molecule is Cc1ccccc1CS[C@@H](C)C(=O)N[C@H](C)c1ccc(Cl)cc1Cl. The van der Waals surface area contributed by atoms with E-state index in [0.717, 1.165) is 11.3 Å². The molecule has 0 saturated carbocycles. The first kappa shape index (κ1) is 19.2. The Bertz CT molecular complexity index is 720. The topological polar surface area (TPSA) is 29.1 Å². The van der Waals surface area contributed by atoms with Crippen molar-refractivity contribution in [3.63, 3.8) is 0 Å². The van der Waals surface area contributed by atoms with Gasteiger partial charge < -0.3 is 5.32 Å². The standard InChI is InChI=1S/C19H21Cl2NOS/c1-12-6-4-5-7-15(12)11-24-14(3)19(23)22-13(2)17-9-8-16(20)10-18(17)21/h4-10,13-14H,11H2,1-3H3,(H,22,23)/t13-,14+/m1/s1. The van der Waals surface area contributed by atoms with Crippen LogP contribution in [-0.4, -0.2) is 11.2 Å². The second-order valence-corrected chi connectivity index (χ2v) is 7.95. The summed E-state index contributed by atoms with van der Waals surface area (Å²) in [6.45, 7) is 5.94. The summed E-state index contributed by atoms with van der Waals surface area (Å²) in [6.07, 6.45) is 0. The fourth-order valence-electron chi connectivity index (χ4n) is 2.32. The van der Waals surface area contributed by atoms with Crippen LogP contribution in [-0.2, 0) is 10.5 Å². The molecule has 0 saturated heterocycles.